The predicted octanol–water partition coefficient (Wildman–Crippen LogP) is 0.924. The van der Waals surface area contributed by atoms with E-state index in [0.29, 0.717) is 31.9 Å². The van der Waals surface area contributed by atoms with Gasteiger partial charge in [-0.25, -0.2) is 4.79 Å². The third-order valence-corrected chi connectivity index (χ3v) is 4.27. The van der Waals surface area contributed by atoms with Crippen LogP contribution < -0.4 is 0 Å². The van der Waals surface area contributed by atoms with Crippen molar-refractivity contribution in [2.24, 2.45) is 0 Å². The van der Waals surface area contributed by atoms with Crippen molar-refractivity contribution in [1.29, 1.82) is 0 Å². The molecule has 1 aliphatic rings. The molecule has 2 heterocycles. The van der Waals surface area contributed by atoms with Crippen LogP contribution >= 0.6 is 0 Å². The summed E-state index contributed by atoms with van der Waals surface area (Å²) in [5, 5.41) is 6.72. The van der Waals surface area contributed by atoms with Crippen LogP contribution in [0.1, 0.15) is 17.4 Å². The van der Waals surface area contributed by atoms with Crippen LogP contribution in [-0.2, 0) is 14.3 Å². The molecule has 1 aromatic carbocycles. The molecule has 2 aromatic rings. The number of carbonyl (C=O) groups is 3. The fourth-order valence-corrected chi connectivity index (χ4v) is 2.75. The van der Waals surface area contributed by atoms with E-state index in [2.05, 4.69) is 10.2 Å². The van der Waals surface area contributed by atoms with Crippen molar-refractivity contribution in [3.05, 3.63) is 42.1 Å². The van der Waals surface area contributed by atoms with Crippen molar-refractivity contribution < 1.29 is 19.1 Å². The molecule has 0 unspecified atom stereocenters. The van der Waals surface area contributed by atoms with Crippen molar-refractivity contribution in [1.82, 2.24) is 20.0 Å². The summed E-state index contributed by atoms with van der Waals surface area (Å²) in [5.41, 5.74) is 1.70. The Morgan fingerprint density at radius 3 is 2.38 bits per heavy atom. The van der Waals surface area contributed by atoms with Crippen LogP contribution in [0.25, 0.3) is 11.3 Å². The van der Waals surface area contributed by atoms with Crippen molar-refractivity contribution in [2.75, 3.05) is 32.8 Å². The molecule has 2 amide bonds. The van der Waals surface area contributed by atoms with Crippen molar-refractivity contribution >= 4 is 17.8 Å². The van der Waals surface area contributed by atoms with Crippen molar-refractivity contribution in [3.63, 3.8) is 0 Å². The predicted molar refractivity (Wildman–Crippen MR) is 93.1 cm³/mol. The molecule has 0 bridgehead atoms. The van der Waals surface area contributed by atoms with E-state index in [-0.39, 0.29) is 24.1 Å². The number of carbonyl (C=O) groups excluding carboxylic acids is 3. The summed E-state index contributed by atoms with van der Waals surface area (Å²) in [4.78, 5) is 38.8. The number of esters is 1. The second-order valence-electron chi connectivity index (χ2n) is 6.00. The number of aromatic amines is 1. The zero-order chi connectivity index (χ0) is 18.5. The third kappa shape index (κ3) is 4.08. The van der Waals surface area contributed by atoms with E-state index in [1.54, 1.807) is 15.9 Å². The standard InChI is InChI=1S/C18H20N4O4/c1-13(23)21-7-9-22(10-8-21)17(24)12-26-18(25)16-11-15(19-20-16)14-5-3-2-4-6-14/h2-6,11H,7-10,12H2,1H3,(H,19,20). The van der Waals surface area contributed by atoms with Crippen LogP contribution in [0.4, 0.5) is 0 Å². The lowest BCUT2D eigenvalue weighted by Crippen LogP contribution is -2.51. The molecule has 1 fully saturated rings. The van der Waals surface area contributed by atoms with Crippen LogP contribution in [0.3, 0.4) is 0 Å². The minimum Gasteiger partial charge on any atom is -0.451 e. The van der Waals surface area contributed by atoms with Gasteiger partial charge in [0.2, 0.25) is 5.91 Å². The molecule has 0 atom stereocenters. The summed E-state index contributed by atoms with van der Waals surface area (Å²) in [6.07, 6.45) is 0. The van der Waals surface area contributed by atoms with Gasteiger partial charge < -0.3 is 14.5 Å². The number of benzene rings is 1. The fraction of sp³-hybridized carbons (Fsp3) is 0.333. The number of rotatable bonds is 4. The first kappa shape index (κ1) is 17.7. The van der Waals surface area contributed by atoms with E-state index in [0.717, 1.165) is 5.56 Å². The number of hydrogen-bond donors (Lipinski definition) is 1. The maximum Gasteiger partial charge on any atom is 0.356 e. The summed E-state index contributed by atoms with van der Waals surface area (Å²) in [5.74, 6) is -0.906. The molecule has 1 N–H and O–H groups in total. The Morgan fingerprint density at radius 2 is 1.73 bits per heavy atom. The number of ether oxygens (including phenoxy) is 1. The fourth-order valence-electron chi connectivity index (χ4n) is 2.75. The van der Waals surface area contributed by atoms with Crippen LogP contribution in [0.2, 0.25) is 0 Å². The average molecular weight is 356 g/mol. The van der Waals surface area contributed by atoms with E-state index < -0.39 is 5.97 Å². The highest BCUT2D eigenvalue weighted by atomic mass is 16.5. The van der Waals surface area contributed by atoms with E-state index in [1.165, 1.54) is 6.92 Å². The first-order valence-electron chi connectivity index (χ1n) is 8.36. The quantitative estimate of drug-likeness (QED) is 0.822. The molecule has 1 aromatic heterocycles. The summed E-state index contributed by atoms with van der Waals surface area (Å²) in [6.45, 7) is 3.05. The number of amides is 2. The Hall–Kier alpha value is -3.16. The van der Waals surface area contributed by atoms with Gasteiger partial charge in [-0.2, -0.15) is 5.10 Å². The monoisotopic (exact) mass is 356 g/mol. The molecule has 8 nitrogen and oxygen atoms in total. The number of piperazine rings is 1. The first-order chi connectivity index (χ1) is 12.5. The Bertz CT molecular complexity index is 795. The van der Waals surface area contributed by atoms with Gasteiger partial charge in [0.25, 0.3) is 5.91 Å². The van der Waals surface area contributed by atoms with Gasteiger partial charge in [0.1, 0.15) is 5.69 Å². The maximum atomic E-state index is 12.2. The summed E-state index contributed by atoms with van der Waals surface area (Å²) >= 11 is 0. The Morgan fingerprint density at radius 1 is 1.08 bits per heavy atom. The topological polar surface area (TPSA) is 95.6 Å². The number of hydrogen-bond acceptors (Lipinski definition) is 5. The summed E-state index contributed by atoms with van der Waals surface area (Å²) < 4.78 is 5.08. The van der Waals surface area contributed by atoms with E-state index in [4.69, 9.17) is 4.74 Å². The lowest BCUT2D eigenvalue weighted by molar-refractivity contribution is -0.140. The van der Waals surface area contributed by atoms with Crippen LogP contribution in [0.5, 0.6) is 0 Å². The minimum atomic E-state index is -0.629. The molecule has 8 heteroatoms. The van der Waals surface area contributed by atoms with E-state index >= 15 is 0 Å². The normalized spacial score (nSPS) is 14.2. The van der Waals surface area contributed by atoms with Gasteiger partial charge in [-0.3, -0.25) is 14.7 Å². The Kier molecular flexibility index (Phi) is 5.31. The maximum absolute atomic E-state index is 12.2. The molecule has 0 radical (unpaired) electrons. The highest BCUT2D eigenvalue weighted by Crippen LogP contribution is 2.17. The van der Waals surface area contributed by atoms with Gasteiger partial charge in [0.05, 0.1) is 5.69 Å². The highest BCUT2D eigenvalue weighted by molar-refractivity contribution is 5.90. The lowest BCUT2D eigenvalue weighted by atomic mass is 10.1. The zero-order valence-electron chi connectivity index (χ0n) is 14.5. The number of nitrogens with zero attached hydrogens (tertiary/aromatic N) is 3. The molecule has 1 aliphatic heterocycles. The number of nitrogens with one attached hydrogen (secondary N) is 1. The summed E-state index contributed by atoms with van der Waals surface area (Å²) in [7, 11) is 0. The van der Waals surface area contributed by atoms with Gasteiger partial charge in [-0.15, -0.1) is 0 Å². The SMILES string of the molecule is CC(=O)N1CCN(C(=O)COC(=O)c2cc(-c3ccccc3)n[nH]2)CC1. The lowest BCUT2D eigenvalue weighted by Gasteiger charge is -2.34. The van der Waals surface area contributed by atoms with Crippen LogP contribution in [0.15, 0.2) is 36.4 Å². The van der Waals surface area contributed by atoms with Crippen LogP contribution in [0, 0.1) is 0 Å². The average Bonchev–Trinajstić information content (AvgIpc) is 3.17. The van der Waals surface area contributed by atoms with Gasteiger partial charge >= 0.3 is 5.97 Å². The highest BCUT2D eigenvalue weighted by Gasteiger charge is 2.23. The molecule has 0 spiro atoms. The van der Waals surface area contributed by atoms with E-state index in [9.17, 15) is 14.4 Å². The molecule has 1 saturated heterocycles. The van der Waals surface area contributed by atoms with Gasteiger partial charge in [-0.1, -0.05) is 30.3 Å². The molecule has 3 rings (SSSR count). The molecule has 26 heavy (non-hydrogen) atoms. The van der Waals surface area contributed by atoms with E-state index in [1.807, 2.05) is 30.3 Å². The molecule has 0 aliphatic carbocycles. The largest absolute Gasteiger partial charge is 0.451 e. The Labute approximate surface area is 150 Å². The van der Waals surface area contributed by atoms with Crippen LogP contribution in [-0.4, -0.2) is 70.6 Å². The second-order valence-corrected chi connectivity index (χ2v) is 6.00. The summed E-state index contributed by atoms with van der Waals surface area (Å²) in [6, 6.07) is 11.0. The molecule has 0 saturated carbocycles. The Balaban J connectivity index is 1.51. The molecule has 136 valence electrons. The minimum absolute atomic E-state index is 0.00279. The van der Waals surface area contributed by atoms with Gasteiger partial charge in [0, 0.05) is 38.7 Å². The van der Waals surface area contributed by atoms with Gasteiger partial charge in [0.15, 0.2) is 6.61 Å². The van der Waals surface area contributed by atoms with Crippen molar-refractivity contribution in [3.8, 4) is 11.3 Å². The number of H-pyrrole nitrogens is 1. The first-order valence-corrected chi connectivity index (χ1v) is 8.36. The second kappa shape index (κ2) is 7.81. The van der Waals surface area contributed by atoms with Crippen molar-refractivity contribution in [2.45, 2.75) is 6.92 Å². The third-order valence-electron chi connectivity index (χ3n) is 4.27. The van der Waals surface area contributed by atoms with Gasteiger partial charge in [-0.05, 0) is 6.07 Å². The smallest absolute Gasteiger partial charge is 0.356 e. The zero-order valence-corrected chi connectivity index (χ0v) is 14.5. The molecular weight excluding hydrogens is 336 g/mol. The number of aromatic nitrogens is 2. The molecular formula is C18H20N4O4.